The van der Waals surface area contributed by atoms with Gasteiger partial charge in [0.25, 0.3) is 0 Å². The van der Waals surface area contributed by atoms with E-state index in [1.54, 1.807) is 24.3 Å². The largest absolute Gasteiger partial charge is 0.423 e. The van der Waals surface area contributed by atoms with Crippen molar-refractivity contribution in [2.24, 2.45) is 5.10 Å². The molecule has 0 aliphatic heterocycles. The molecule has 0 radical (unpaired) electrons. The number of esters is 1. The van der Waals surface area contributed by atoms with Gasteiger partial charge in [-0.05, 0) is 60.5 Å². The summed E-state index contributed by atoms with van der Waals surface area (Å²) in [6, 6.07) is 18.7. The number of hydrazone groups is 1. The van der Waals surface area contributed by atoms with E-state index in [9.17, 15) is 18.8 Å². The molecule has 3 aromatic rings. The Bertz CT molecular complexity index is 1140. The van der Waals surface area contributed by atoms with Crippen LogP contribution < -0.4 is 15.5 Å². The lowest BCUT2D eigenvalue weighted by atomic mass is 10.2. The smallest absolute Gasteiger partial charge is 0.346 e. The van der Waals surface area contributed by atoms with Gasteiger partial charge in [-0.3, -0.25) is 9.59 Å². The number of hydrogen-bond donors (Lipinski definition) is 2. The molecule has 7 nitrogen and oxygen atoms in total. The Morgan fingerprint density at radius 2 is 1.58 bits per heavy atom. The van der Waals surface area contributed by atoms with Gasteiger partial charge in [-0.25, -0.2) is 14.6 Å². The van der Waals surface area contributed by atoms with Crippen molar-refractivity contribution in [1.82, 2.24) is 5.43 Å². The summed E-state index contributed by atoms with van der Waals surface area (Å²) in [6.07, 6.45) is 1.32. The van der Waals surface area contributed by atoms with Crippen LogP contribution in [0.25, 0.3) is 0 Å². The summed E-state index contributed by atoms with van der Waals surface area (Å²) in [4.78, 5) is 35.8. The van der Waals surface area contributed by atoms with Crippen molar-refractivity contribution in [2.45, 2.75) is 6.92 Å². The van der Waals surface area contributed by atoms with Crippen LogP contribution in [0.1, 0.15) is 21.5 Å². The predicted octanol–water partition coefficient (Wildman–Crippen LogP) is 3.44. The summed E-state index contributed by atoms with van der Waals surface area (Å²) < 4.78 is 18.8. The van der Waals surface area contributed by atoms with Crippen molar-refractivity contribution in [1.29, 1.82) is 0 Å². The van der Waals surface area contributed by atoms with E-state index < -0.39 is 23.6 Å². The summed E-state index contributed by atoms with van der Waals surface area (Å²) in [5.41, 5.74) is 3.90. The van der Waals surface area contributed by atoms with Crippen molar-refractivity contribution < 1.29 is 23.5 Å². The number of ether oxygens (including phenoxy) is 1. The highest BCUT2D eigenvalue weighted by Crippen LogP contribution is 2.15. The van der Waals surface area contributed by atoms with Gasteiger partial charge in [-0.15, -0.1) is 0 Å². The Balaban J connectivity index is 1.53. The van der Waals surface area contributed by atoms with Gasteiger partial charge in [-0.2, -0.15) is 5.10 Å². The molecule has 0 fully saturated rings. The van der Waals surface area contributed by atoms with Gasteiger partial charge in [0, 0.05) is 5.69 Å². The normalized spacial score (nSPS) is 10.5. The van der Waals surface area contributed by atoms with Gasteiger partial charge in [0.2, 0.25) is 0 Å². The van der Waals surface area contributed by atoms with Crippen molar-refractivity contribution in [2.75, 3.05) is 5.32 Å². The van der Waals surface area contributed by atoms with Gasteiger partial charge in [0.15, 0.2) is 0 Å². The average Bonchev–Trinajstić information content (AvgIpc) is 2.76. The third-order valence-corrected chi connectivity index (χ3v) is 4.16. The molecule has 0 aromatic heterocycles. The number of aryl methyl sites for hydroxylation is 1. The number of carbonyl (C=O) groups excluding carboxylic acids is 3. The molecule has 0 atom stereocenters. The van der Waals surface area contributed by atoms with Crippen LogP contribution in [0, 0.1) is 12.7 Å². The lowest BCUT2D eigenvalue weighted by molar-refractivity contribution is -0.136. The molecule has 156 valence electrons. The topological polar surface area (TPSA) is 96.9 Å². The minimum atomic E-state index is -0.921. The third kappa shape index (κ3) is 5.83. The van der Waals surface area contributed by atoms with Gasteiger partial charge < -0.3 is 10.1 Å². The lowest BCUT2D eigenvalue weighted by Gasteiger charge is -2.06. The van der Waals surface area contributed by atoms with E-state index in [4.69, 9.17) is 4.74 Å². The fourth-order valence-electron chi connectivity index (χ4n) is 2.52. The van der Waals surface area contributed by atoms with E-state index in [1.165, 1.54) is 42.6 Å². The number of rotatable bonds is 5. The molecule has 8 heteroatoms. The number of halogens is 1. The lowest BCUT2D eigenvalue weighted by Crippen LogP contribution is -2.32. The summed E-state index contributed by atoms with van der Waals surface area (Å²) in [5.74, 6) is -3.03. The molecule has 0 saturated carbocycles. The fraction of sp³-hybridized carbons (Fsp3) is 0.0435. The quantitative estimate of drug-likeness (QED) is 0.218. The molecule has 0 saturated heterocycles. The van der Waals surface area contributed by atoms with Crippen molar-refractivity contribution in [3.63, 3.8) is 0 Å². The molecular weight excluding hydrogens is 401 g/mol. The highest BCUT2D eigenvalue weighted by atomic mass is 19.1. The van der Waals surface area contributed by atoms with Gasteiger partial charge >= 0.3 is 17.8 Å². The zero-order valence-corrected chi connectivity index (χ0v) is 16.5. The van der Waals surface area contributed by atoms with Crippen LogP contribution in [0.15, 0.2) is 77.9 Å². The SMILES string of the molecule is Cc1ccccc1NC(=O)C(=O)N/N=C/c1ccc(OC(=O)c2ccccc2F)cc1. The number of hydrogen-bond acceptors (Lipinski definition) is 5. The summed E-state index contributed by atoms with van der Waals surface area (Å²) >= 11 is 0. The van der Waals surface area contributed by atoms with Crippen LogP contribution in [-0.2, 0) is 9.59 Å². The van der Waals surface area contributed by atoms with Crippen molar-refractivity contribution in [3.05, 3.63) is 95.3 Å². The molecular formula is C23H18FN3O4. The first-order valence-corrected chi connectivity index (χ1v) is 9.21. The van der Waals surface area contributed by atoms with E-state index in [-0.39, 0.29) is 11.3 Å². The van der Waals surface area contributed by atoms with E-state index in [0.717, 1.165) is 5.56 Å². The van der Waals surface area contributed by atoms with E-state index in [1.807, 2.05) is 19.1 Å². The maximum Gasteiger partial charge on any atom is 0.346 e. The average molecular weight is 419 g/mol. The maximum atomic E-state index is 13.6. The van der Waals surface area contributed by atoms with Crippen LogP contribution in [0.5, 0.6) is 5.75 Å². The van der Waals surface area contributed by atoms with Crippen LogP contribution >= 0.6 is 0 Å². The molecule has 0 heterocycles. The standard InChI is InChI=1S/C23H18FN3O4/c1-15-6-2-5-9-20(15)26-21(28)22(29)27-25-14-16-10-12-17(13-11-16)31-23(30)18-7-3-4-8-19(18)24/h2-14H,1H3,(H,26,28)(H,27,29)/b25-14+. The molecule has 3 aromatic carbocycles. The Morgan fingerprint density at radius 1 is 0.903 bits per heavy atom. The van der Waals surface area contributed by atoms with Crippen LogP contribution in [0.2, 0.25) is 0 Å². The van der Waals surface area contributed by atoms with Crippen LogP contribution in [-0.4, -0.2) is 24.0 Å². The van der Waals surface area contributed by atoms with Gasteiger partial charge in [-0.1, -0.05) is 30.3 Å². The maximum absolute atomic E-state index is 13.6. The van der Waals surface area contributed by atoms with E-state index in [0.29, 0.717) is 11.3 Å². The minimum Gasteiger partial charge on any atom is -0.423 e. The molecule has 0 bridgehead atoms. The highest BCUT2D eigenvalue weighted by molar-refractivity contribution is 6.39. The zero-order chi connectivity index (χ0) is 22.2. The fourth-order valence-corrected chi connectivity index (χ4v) is 2.52. The third-order valence-electron chi connectivity index (χ3n) is 4.16. The molecule has 2 amide bonds. The Hall–Kier alpha value is -4.33. The summed E-state index contributed by atoms with van der Waals surface area (Å²) in [6.45, 7) is 1.81. The molecule has 0 unspecified atom stereocenters. The first-order chi connectivity index (χ1) is 14.9. The second-order valence-electron chi connectivity index (χ2n) is 6.41. The number of nitrogens with one attached hydrogen (secondary N) is 2. The number of para-hydroxylation sites is 1. The zero-order valence-electron chi connectivity index (χ0n) is 16.5. The van der Waals surface area contributed by atoms with Crippen LogP contribution in [0.4, 0.5) is 10.1 Å². The minimum absolute atomic E-state index is 0.167. The van der Waals surface area contributed by atoms with Crippen molar-refractivity contribution in [3.8, 4) is 5.75 Å². The predicted molar refractivity (Wildman–Crippen MR) is 113 cm³/mol. The van der Waals surface area contributed by atoms with Gasteiger partial charge in [0.05, 0.1) is 11.8 Å². The Labute approximate surface area is 177 Å². The summed E-state index contributed by atoms with van der Waals surface area (Å²) in [7, 11) is 0. The molecule has 0 aliphatic carbocycles. The molecule has 31 heavy (non-hydrogen) atoms. The Morgan fingerprint density at radius 3 is 2.29 bits per heavy atom. The Kier molecular flexibility index (Phi) is 6.85. The van der Waals surface area contributed by atoms with Crippen molar-refractivity contribution >= 4 is 29.7 Å². The number of benzene rings is 3. The highest BCUT2D eigenvalue weighted by Gasteiger charge is 2.14. The second-order valence-corrected chi connectivity index (χ2v) is 6.41. The first-order valence-electron chi connectivity index (χ1n) is 9.21. The molecule has 2 N–H and O–H groups in total. The monoisotopic (exact) mass is 419 g/mol. The number of anilines is 1. The number of nitrogens with zero attached hydrogens (tertiary/aromatic N) is 1. The first kappa shape index (κ1) is 21.4. The summed E-state index contributed by atoms with van der Waals surface area (Å²) in [5, 5.41) is 6.24. The molecule has 0 spiro atoms. The second kappa shape index (κ2) is 9.93. The number of carbonyl (C=O) groups is 3. The number of amides is 2. The van der Waals surface area contributed by atoms with Crippen LogP contribution in [0.3, 0.4) is 0 Å². The van der Waals surface area contributed by atoms with E-state index in [2.05, 4.69) is 15.8 Å². The molecule has 3 rings (SSSR count). The van der Waals surface area contributed by atoms with Gasteiger partial charge in [0.1, 0.15) is 11.6 Å². The molecule has 0 aliphatic rings. The van der Waals surface area contributed by atoms with E-state index >= 15 is 0 Å².